The van der Waals surface area contributed by atoms with Gasteiger partial charge in [0.05, 0.1) is 7.11 Å². The van der Waals surface area contributed by atoms with Crippen LogP contribution in [0.15, 0.2) is 48.5 Å². The van der Waals surface area contributed by atoms with Crippen LogP contribution in [0.25, 0.3) is 0 Å². The van der Waals surface area contributed by atoms with Crippen LogP contribution in [0.2, 0.25) is 0 Å². The third-order valence-corrected chi connectivity index (χ3v) is 5.10. The number of hydrogen-bond donors (Lipinski definition) is 1. The Bertz CT molecular complexity index is 697. The molecule has 0 radical (unpaired) electrons. The molecule has 1 N–H and O–H groups in total. The number of methoxy groups -OCH3 is 1. The average Bonchev–Trinajstić information content (AvgIpc) is 2.71. The molecule has 0 unspecified atom stereocenters. The molecule has 3 rings (SSSR count). The standard InChI is InChI=1S/C23H32N2O2/c1-18(2)15-21(25-13-11-24-12-14-25)20-9-10-22(26-3)23(16-20)27-17-19-7-5-4-6-8-19/h4-10,16,18,21,24H,11-15,17H2,1-3H3/t21-/m1/s1. The van der Waals surface area contributed by atoms with Crippen LogP contribution in [0.3, 0.4) is 0 Å². The lowest BCUT2D eigenvalue weighted by atomic mass is 9.94. The summed E-state index contributed by atoms with van der Waals surface area (Å²) in [6.07, 6.45) is 1.14. The highest BCUT2D eigenvalue weighted by molar-refractivity contribution is 5.44. The van der Waals surface area contributed by atoms with Crippen LogP contribution in [0.1, 0.15) is 37.4 Å². The fourth-order valence-electron chi connectivity index (χ4n) is 3.68. The van der Waals surface area contributed by atoms with Crippen molar-refractivity contribution in [2.45, 2.75) is 32.9 Å². The third-order valence-electron chi connectivity index (χ3n) is 5.10. The molecule has 1 fully saturated rings. The first-order chi connectivity index (χ1) is 13.2. The molecule has 0 bridgehead atoms. The van der Waals surface area contributed by atoms with Gasteiger partial charge in [-0.05, 0) is 35.6 Å². The molecule has 0 aromatic heterocycles. The van der Waals surface area contributed by atoms with E-state index in [1.165, 1.54) is 5.56 Å². The maximum atomic E-state index is 6.14. The van der Waals surface area contributed by atoms with E-state index in [0.717, 1.165) is 49.7 Å². The summed E-state index contributed by atoms with van der Waals surface area (Å²) in [5.41, 5.74) is 2.47. The van der Waals surface area contributed by atoms with E-state index in [1.807, 2.05) is 24.3 Å². The second-order valence-corrected chi connectivity index (χ2v) is 7.62. The number of ether oxygens (including phenoxy) is 2. The topological polar surface area (TPSA) is 33.7 Å². The molecule has 146 valence electrons. The van der Waals surface area contributed by atoms with Gasteiger partial charge in [0.25, 0.3) is 0 Å². The first-order valence-electron chi connectivity index (χ1n) is 9.97. The lowest BCUT2D eigenvalue weighted by Crippen LogP contribution is -2.45. The Hall–Kier alpha value is -2.04. The number of rotatable bonds is 8. The van der Waals surface area contributed by atoms with Gasteiger partial charge < -0.3 is 14.8 Å². The van der Waals surface area contributed by atoms with Crippen LogP contribution in [0.5, 0.6) is 11.5 Å². The van der Waals surface area contributed by atoms with Crippen LogP contribution in [-0.2, 0) is 6.61 Å². The van der Waals surface area contributed by atoms with Crippen molar-refractivity contribution in [1.29, 1.82) is 0 Å². The number of piperazine rings is 1. The quantitative estimate of drug-likeness (QED) is 0.755. The Morgan fingerprint density at radius 3 is 2.41 bits per heavy atom. The highest BCUT2D eigenvalue weighted by atomic mass is 16.5. The van der Waals surface area contributed by atoms with Crippen LogP contribution in [0, 0.1) is 5.92 Å². The van der Waals surface area contributed by atoms with Crippen molar-refractivity contribution in [1.82, 2.24) is 10.2 Å². The van der Waals surface area contributed by atoms with E-state index in [1.54, 1.807) is 7.11 Å². The zero-order valence-electron chi connectivity index (χ0n) is 16.8. The van der Waals surface area contributed by atoms with Crippen molar-refractivity contribution in [3.63, 3.8) is 0 Å². The minimum absolute atomic E-state index is 0.414. The summed E-state index contributed by atoms with van der Waals surface area (Å²) in [4.78, 5) is 2.60. The summed E-state index contributed by atoms with van der Waals surface area (Å²) in [5.74, 6) is 2.25. The summed E-state index contributed by atoms with van der Waals surface area (Å²) in [6, 6.07) is 17.1. The number of hydrogen-bond acceptors (Lipinski definition) is 4. The van der Waals surface area contributed by atoms with Gasteiger partial charge in [0.15, 0.2) is 11.5 Å². The predicted molar refractivity (Wildman–Crippen MR) is 110 cm³/mol. The van der Waals surface area contributed by atoms with Crippen molar-refractivity contribution in [3.8, 4) is 11.5 Å². The summed E-state index contributed by atoms with van der Waals surface area (Å²) >= 11 is 0. The minimum Gasteiger partial charge on any atom is -0.493 e. The van der Waals surface area contributed by atoms with Gasteiger partial charge in [0, 0.05) is 32.2 Å². The van der Waals surface area contributed by atoms with Crippen LogP contribution < -0.4 is 14.8 Å². The van der Waals surface area contributed by atoms with E-state index in [9.17, 15) is 0 Å². The zero-order valence-corrected chi connectivity index (χ0v) is 16.8. The molecule has 1 aliphatic heterocycles. The summed E-state index contributed by atoms with van der Waals surface area (Å²) in [5, 5.41) is 3.46. The normalized spacial score (nSPS) is 16.3. The minimum atomic E-state index is 0.414. The molecule has 1 saturated heterocycles. The summed E-state index contributed by atoms with van der Waals surface area (Å²) in [6.45, 7) is 9.43. The Kier molecular flexibility index (Phi) is 7.13. The van der Waals surface area contributed by atoms with Crippen molar-refractivity contribution in [2.24, 2.45) is 5.92 Å². The Labute approximate surface area is 163 Å². The highest BCUT2D eigenvalue weighted by Gasteiger charge is 2.24. The van der Waals surface area contributed by atoms with E-state index in [-0.39, 0.29) is 0 Å². The molecule has 27 heavy (non-hydrogen) atoms. The molecule has 0 saturated carbocycles. The number of benzene rings is 2. The summed E-state index contributed by atoms with van der Waals surface area (Å²) in [7, 11) is 1.70. The van der Waals surface area contributed by atoms with E-state index in [2.05, 4.69) is 48.3 Å². The van der Waals surface area contributed by atoms with E-state index < -0.39 is 0 Å². The molecule has 4 nitrogen and oxygen atoms in total. The van der Waals surface area contributed by atoms with E-state index in [0.29, 0.717) is 18.6 Å². The maximum Gasteiger partial charge on any atom is 0.161 e. The second-order valence-electron chi connectivity index (χ2n) is 7.62. The van der Waals surface area contributed by atoms with Crippen LogP contribution in [0.4, 0.5) is 0 Å². The van der Waals surface area contributed by atoms with Crippen LogP contribution >= 0.6 is 0 Å². The fourth-order valence-corrected chi connectivity index (χ4v) is 3.68. The Morgan fingerprint density at radius 1 is 1.00 bits per heavy atom. The number of nitrogens with zero attached hydrogens (tertiary/aromatic N) is 1. The van der Waals surface area contributed by atoms with Gasteiger partial charge in [-0.3, -0.25) is 4.90 Å². The molecule has 2 aromatic rings. The lowest BCUT2D eigenvalue weighted by molar-refractivity contribution is 0.153. The maximum absolute atomic E-state index is 6.14. The van der Waals surface area contributed by atoms with Crippen molar-refractivity contribution in [3.05, 3.63) is 59.7 Å². The van der Waals surface area contributed by atoms with Gasteiger partial charge in [-0.2, -0.15) is 0 Å². The van der Waals surface area contributed by atoms with E-state index >= 15 is 0 Å². The molecular formula is C23H32N2O2. The van der Waals surface area contributed by atoms with Gasteiger partial charge in [0.2, 0.25) is 0 Å². The molecule has 4 heteroatoms. The van der Waals surface area contributed by atoms with Gasteiger partial charge >= 0.3 is 0 Å². The molecule has 1 heterocycles. The molecule has 1 atom stereocenters. The predicted octanol–water partition coefficient (Wildman–Crippen LogP) is 4.27. The second kappa shape index (κ2) is 9.77. The fraction of sp³-hybridized carbons (Fsp3) is 0.478. The van der Waals surface area contributed by atoms with Crippen molar-refractivity contribution >= 4 is 0 Å². The Morgan fingerprint density at radius 2 is 1.74 bits per heavy atom. The Balaban J connectivity index is 1.82. The van der Waals surface area contributed by atoms with Gasteiger partial charge in [0.1, 0.15) is 6.61 Å². The molecule has 0 amide bonds. The third kappa shape index (κ3) is 5.47. The van der Waals surface area contributed by atoms with E-state index in [4.69, 9.17) is 9.47 Å². The molecule has 2 aromatic carbocycles. The van der Waals surface area contributed by atoms with Gasteiger partial charge in [-0.1, -0.05) is 50.2 Å². The SMILES string of the molecule is COc1ccc([C@@H](CC(C)C)N2CCNCC2)cc1OCc1ccccc1. The number of nitrogens with one attached hydrogen (secondary N) is 1. The van der Waals surface area contributed by atoms with Crippen LogP contribution in [-0.4, -0.2) is 38.2 Å². The average molecular weight is 369 g/mol. The first kappa shape index (κ1) is 19.7. The smallest absolute Gasteiger partial charge is 0.161 e. The zero-order chi connectivity index (χ0) is 19.1. The lowest BCUT2D eigenvalue weighted by Gasteiger charge is -2.36. The molecule has 0 spiro atoms. The largest absolute Gasteiger partial charge is 0.493 e. The van der Waals surface area contributed by atoms with Gasteiger partial charge in [-0.25, -0.2) is 0 Å². The van der Waals surface area contributed by atoms with Gasteiger partial charge in [-0.15, -0.1) is 0 Å². The molecular weight excluding hydrogens is 336 g/mol. The van der Waals surface area contributed by atoms with Crippen molar-refractivity contribution < 1.29 is 9.47 Å². The molecule has 1 aliphatic rings. The summed E-state index contributed by atoms with van der Waals surface area (Å²) < 4.78 is 11.7. The highest BCUT2D eigenvalue weighted by Crippen LogP contribution is 2.35. The van der Waals surface area contributed by atoms with Crippen molar-refractivity contribution in [2.75, 3.05) is 33.3 Å². The monoisotopic (exact) mass is 368 g/mol. The first-order valence-corrected chi connectivity index (χ1v) is 9.97. The molecule has 0 aliphatic carbocycles.